The molecule has 0 aliphatic heterocycles. The Morgan fingerprint density at radius 2 is 1.63 bits per heavy atom. The lowest BCUT2D eigenvalue weighted by molar-refractivity contribution is -0.121. The Labute approximate surface area is 253 Å². The molecule has 3 aromatic carbocycles. The van der Waals surface area contributed by atoms with Crippen molar-refractivity contribution in [1.82, 2.24) is 5.43 Å². The van der Waals surface area contributed by atoms with Crippen molar-refractivity contribution in [3.05, 3.63) is 86.4 Å². The van der Waals surface area contributed by atoms with Crippen molar-refractivity contribution in [2.24, 2.45) is 5.10 Å². The van der Waals surface area contributed by atoms with Crippen LogP contribution >= 0.6 is 15.9 Å². The third kappa shape index (κ3) is 9.09. The molecular weight excluding hydrogens is 580 g/mol. The second-order valence-corrected chi connectivity index (χ2v) is 13.2. The Hall–Kier alpha value is -3.32. The number of hydrazone groups is 1. The summed E-state index contributed by atoms with van der Waals surface area (Å²) in [6.07, 6.45) is 2.40. The monoisotopic (exact) mass is 622 g/mol. The number of rotatable bonds is 10. The van der Waals surface area contributed by atoms with E-state index < -0.39 is 0 Å². The summed E-state index contributed by atoms with van der Waals surface area (Å²) in [6, 6.07) is 15.9. The van der Waals surface area contributed by atoms with Gasteiger partial charge in [-0.25, -0.2) is 5.43 Å². The lowest BCUT2D eigenvalue weighted by Crippen LogP contribution is -2.20. The normalized spacial score (nSPS) is 12.0. The number of aromatic hydroxyl groups is 1. The summed E-state index contributed by atoms with van der Waals surface area (Å²) in [7, 11) is 0. The van der Waals surface area contributed by atoms with Gasteiger partial charge in [0.15, 0.2) is 11.5 Å². The Balaban J connectivity index is 1.68. The Bertz CT molecular complexity index is 1370. The zero-order valence-corrected chi connectivity index (χ0v) is 27.1. The van der Waals surface area contributed by atoms with Gasteiger partial charge >= 0.3 is 0 Å². The molecule has 220 valence electrons. The second-order valence-electron chi connectivity index (χ2n) is 12.4. The summed E-state index contributed by atoms with van der Waals surface area (Å²) in [4.78, 5) is 12.6. The lowest BCUT2D eigenvalue weighted by Gasteiger charge is -2.28. The molecule has 41 heavy (non-hydrogen) atoms. The van der Waals surface area contributed by atoms with E-state index in [-0.39, 0.29) is 23.2 Å². The maximum Gasteiger partial charge on any atom is 0.240 e. The number of halogens is 1. The van der Waals surface area contributed by atoms with Gasteiger partial charge < -0.3 is 14.6 Å². The number of nitrogens with one attached hydrogen (secondary N) is 1. The van der Waals surface area contributed by atoms with Crippen LogP contribution in [0, 0.1) is 6.92 Å². The molecule has 0 unspecified atom stereocenters. The van der Waals surface area contributed by atoms with Crippen LogP contribution in [-0.4, -0.2) is 23.8 Å². The number of phenolic OH excluding ortho intramolecular Hbond substituents is 1. The average molecular weight is 624 g/mol. The van der Waals surface area contributed by atoms with Crippen molar-refractivity contribution in [2.75, 3.05) is 6.61 Å². The Morgan fingerprint density at radius 1 is 0.976 bits per heavy atom. The van der Waals surface area contributed by atoms with E-state index in [4.69, 9.17) is 9.47 Å². The number of carbonyl (C=O) groups excluding carboxylic acids is 1. The first kappa shape index (κ1) is 32.2. The molecule has 0 fully saturated rings. The fourth-order valence-corrected chi connectivity index (χ4v) is 5.07. The van der Waals surface area contributed by atoms with Gasteiger partial charge in [0.25, 0.3) is 0 Å². The van der Waals surface area contributed by atoms with Crippen LogP contribution in [-0.2, 0) is 28.7 Å². The highest BCUT2D eigenvalue weighted by Crippen LogP contribution is 2.40. The molecule has 0 saturated carbocycles. The molecule has 0 saturated heterocycles. The van der Waals surface area contributed by atoms with Crippen molar-refractivity contribution in [3.63, 3.8) is 0 Å². The summed E-state index contributed by atoms with van der Waals surface area (Å²) in [5, 5.41) is 15.1. The van der Waals surface area contributed by atoms with Gasteiger partial charge in [0.1, 0.15) is 12.4 Å². The maximum absolute atomic E-state index is 12.6. The molecule has 0 heterocycles. The molecule has 0 bridgehead atoms. The fraction of sp³-hybridized carbons (Fsp3) is 0.412. The topological polar surface area (TPSA) is 80.2 Å². The Morgan fingerprint density at radius 3 is 2.22 bits per heavy atom. The summed E-state index contributed by atoms with van der Waals surface area (Å²) < 4.78 is 12.7. The van der Waals surface area contributed by atoms with Crippen LogP contribution in [0.3, 0.4) is 0 Å². The summed E-state index contributed by atoms with van der Waals surface area (Å²) in [5.41, 5.74) is 8.00. The standard InChI is InChI=1S/C34H43BrN2O4/c1-9-40-29-19-25(18-28(35)32(29)41-21-24-12-10-11-22(2)15-24)20-36-37-30(38)14-13-23-16-26(33(3,4)5)31(39)27(17-23)34(6,7)8/h10-12,15-20,39H,9,13-14,21H2,1-8H3,(H,37,38)/b36-20-. The van der Waals surface area contributed by atoms with Gasteiger partial charge in [-0.2, -0.15) is 5.10 Å². The first-order chi connectivity index (χ1) is 19.2. The van der Waals surface area contributed by atoms with E-state index in [9.17, 15) is 9.90 Å². The number of carbonyl (C=O) groups is 1. The number of hydrogen-bond donors (Lipinski definition) is 2. The van der Waals surface area contributed by atoms with E-state index in [1.165, 1.54) is 5.56 Å². The third-order valence-corrected chi connectivity index (χ3v) is 7.22. The molecule has 6 nitrogen and oxygen atoms in total. The molecule has 3 rings (SSSR count). The number of aryl methyl sites for hydroxylation is 2. The molecular formula is C34H43BrN2O4. The molecule has 0 spiro atoms. The molecule has 0 atom stereocenters. The Kier molecular flexibility index (Phi) is 10.6. The quantitative estimate of drug-likeness (QED) is 0.177. The summed E-state index contributed by atoms with van der Waals surface area (Å²) in [5.74, 6) is 1.37. The molecule has 3 aromatic rings. The van der Waals surface area contributed by atoms with E-state index in [0.717, 1.165) is 32.3 Å². The minimum atomic E-state index is -0.220. The molecule has 2 N–H and O–H groups in total. The smallest absolute Gasteiger partial charge is 0.240 e. The zero-order chi connectivity index (χ0) is 30.4. The van der Waals surface area contributed by atoms with Crippen LogP contribution in [0.5, 0.6) is 17.2 Å². The van der Waals surface area contributed by atoms with Gasteiger partial charge in [-0.15, -0.1) is 0 Å². The number of hydrogen-bond acceptors (Lipinski definition) is 5. The van der Waals surface area contributed by atoms with Gasteiger partial charge in [-0.05, 0) is 87.0 Å². The van der Waals surface area contributed by atoms with Crippen LogP contribution in [0.15, 0.2) is 58.1 Å². The van der Waals surface area contributed by atoms with Crippen LogP contribution in [0.25, 0.3) is 0 Å². The van der Waals surface area contributed by atoms with Gasteiger partial charge in [0, 0.05) is 6.42 Å². The minimum Gasteiger partial charge on any atom is -0.507 e. The first-order valence-electron chi connectivity index (χ1n) is 14.0. The van der Waals surface area contributed by atoms with E-state index in [1.807, 2.05) is 43.3 Å². The largest absolute Gasteiger partial charge is 0.507 e. The van der Waals surface area contributed by atoms with Crippen LogP contribution in [0.4, 0.5) is 0 Å². The third-order valence-electron chi connectivity index (χ3n) is 6.63. The van der Waals surface area contributed by atoms with Crippen molar-refractivity contribution in [3.8, 4) is 17.2 Å². The molecule has 7 heteroatoms. The number of amides is 1. The second kappa shape index (κ2) is 13.6. The van der Waals surface area contributed by atoms with Crippen molar-refractivity contribution >= 4 is 28.1 Å². The average Bonchev–Trinajstić information content (AvgIpc) is 2.86. The maximum atomic E-state index is 12.6. The van der Waals surface area contributed by atoms with Gasteiger partial charge in [-0.1, -0.05) is 83.5 Å². The van der Waals surface area contributed by atoms with Crippen molar-refractivity contribution in [2.45, 2.75) is 85.7 Å². The zero-order valence-electron chi connectivity index (χ0n) is 25.5. The van der Waals surface area contributed by atoms with Crippen LogP contribution in [0.2, 0.25) is 0 Å². The van der Waals surface area contributed by atoms with Gasteiger partial charge in [0.05, 0.1) is 17.3 Å². The molecule has 0 aliphatic rings. The fourth-order valence-electron chi connectivity index (χ4n) is 4.50. The number of ether oxygens (including phenoxy) is 2. The molecule has 0 aliphatic carbocycles. The van der Waals surface area contributed by atoms with E-state index in [0.29, 0.717) is 36.9 Å². The first-order valence-corrected chi connectivity index (χ1v) is 14.8. The number of benzene rings is 3. The number of phenols is 1. The molecule has 0 radical (unpaired) electrons. The highest BCUT2D eigenvalue weighted by atomic mass is 79.9. The van der Waals surface area contributed by atoms with E-state index in [2.05, 4.69) is 87.1 Å². The highest BCUT2D eigenvalue weighted by Gasteiger charge is 2.26. The minimum absolute atomic E-state index is 0.189. The van der Waals surface area contributed by atoms with E-state index >= 15 is 0 Å². The number of nitrogens with zero attached hydrogens (tertiary/aromatic N) is 1. The van der Waals surface area contributed by atoms with Crippen molar-refractivity contribution in [1.29, 1.82) is 0 Å². The van der Waals surface area contributed by atoms with Crippen LogP contribution < -0.4 is 14.9 Å². The molecule has 1 amide bonds. The summed E-state index contributed by atoms with van der Waals surface area (Å²) in [6.45, 7) is 17.4. The predicted molar refractivity (Wildman–Crippen MR) is 170 cm³/mol. The predicted octanol–water partition coefficient (Wildman–Crippen LogP) is 8.12. The highest BCUT2D eigenvalue weighted by molar-refractivity contribution is 9.10. The van der Waals surface area contributed by atoms with Crippen LogP contribution in [0.1, 0.15) is 88.3 Å². The van der Waals surface area contributed by atoms with Crippen molar-refractivity contribution < 1.29 is 19.4 Å². The van der Waals surface area contributed by atoms with Gasteiger partial charge in [0.2, 0.25) is 5.91 Å². The molecule has 0 aromatic heterocycles. The van der Waals surface area contributed by atoms with E-state index in [1.54, 1.807) is 6.21 Å². The SMILES string of the molecule is CCOc1cc(/C=N\NC(=O)CCc2cc(C(C)(C)C)c(O)c(C(C)(C)C)c2)cc(Br)c1OCc1cccc(C)c1. The lowest BCUT2D eigenvalue weighted by atomic mass is 9.78. The van der Waals surface area contributed by atoms with Gasteiger partial charge in [-0.3, -0.25) is 4.79 Å². The summed E-state index contributed by atoms with van der Waals surface area (Å²) >= 11 is 3.60.